The molecule has 1 atom stereocenters. The average Bonchev–Trinajstić information content (AvgIpc) is 2.41. The van der Waals surface area contributed by atoms with Crippen LogP contribution in [0.15, 0.2) is 0 Å². The zero-order valence-corrected chi connectivity index (χ0v) is 13.3. The Morgan fingerprint density at radius 3 is 2.64 bits per heavy atom. The predicted molar refractivity (Wildman–Crippen MR) is 80.2 cm³/mol. The fourth-order valence-corrected chi connectivity index (χ4v) is 3.49. The van der Waals surface area contributed by atoms with E-state index in [4.69, 9.17) is 9.47 Å². The SMILES string of the molecule is COCC(=O)NCC1CCC2(CN(C(=O)C3CCC3)C2)OC1. The lowest BCUT2D eigenvalue weighted by molar-refractivity contribution is -0.192. The van der Waals surface area contributed by atoms with E-state index in [-0.39, 0.29) is 24.0 Å². The number of carbonyl (C=O) groups excluding carboxylic acids is 2. The molecular formula is C16H26N2O4. The number of methoxy groups -OCH3 is 1. The lowest BCUT2D eigenvalue weighted by atomic mass is 9.79. The Balaban J connectivity index is 1.36. The minimum atomic E-state index is -0.105. The first-order chi connectivity index (χ1) is 10.6. The molecule has 6 heteroatoms. The van der Waals surface area contributed by atoms with Gasteiger partial charge in [-0.15, -0.1) is 0 Å². The Labute approximate surface area is 131 Å². The van der Waals surface area contributed by atoms with E-state index < -0.39 is 0 Å². The number of nitrogens with zero attached hydrogens (tertiary/aromatic N) is 1. The van der Waals surface area contributed by atoms with E-state index in [1.54, 1.807) is 0 Å². The molecule has 22 heavy (non-hydrogen) atoms. The van der Waals surface area contributed by atoms with Crippen molar-refractivity contribution in [3.8, 4) is 0 Å². The average molecular weight is 310 g/mol. The smallest absolute Gasteiger partial charge is 0.245 e. The van der Waals surface area contributed by atoms with E-state index >= 15 is 0 Å². The number of nitrogens with one attached hydrogen (secondary N) is 1. The number of amides is 2. The molecular weight excluding hydrogens is 284 g/mol. The van der Waals surface area contributed by atoms with Gasteiger partial charge in [0.25, 0.3) is 0 Å². The summed E-state index contributed by atoms with van der Waals surface area (Å²) in [5.74, 6) is 0.894. The van der Waals surface area contributed by atoms with Gasteiger partial charge in [0, 0.05) is 19.6 Å². The summed E-state index contributed by atoms with van der Waals surface area (Å²) in [6.07, 6.45) is 5.34. The summed E-state index contributed by atoms with van der Waals surface area (Å²) >= 11 is 0. The lowest BCUT2D eigenvalue weighted by Crippen LogP contribution is -2.67. The number of carbonyl (C=O) groups is 2. The molecule has 124 valence electrons. The minimum Gasteiger partial charge on any atom is -0.375 e. The summed E-state index contributed by atoms with van der Waals surface area (Å²) in [5.41, 5.74) is -0.105. The van der Waals surface area contributed by atoms with Crippen LogP contribution in [0.2, 0.25) is 0 Å². The fourth-order valence-electron chi connectivity index (χ4n) is 3.49. The monoisotopic (exact) mass is 310 g/mol. The van der Waals surface area contributed by atoms with Crippen LogP contribution in [0.1, 0.15) is 32.1 Å². The van der Waals surface area contributed by atoms with Crippen molar-refractivity contribution in [2.24, 2.45) is 11.8 Å². The molecule has 3 aliphatic rings. The third kappa shape index (κ3) is 3.27. The molecule has 0 aromatic rings. The van der Waals surface area contributed by atoms with Crippen molar-refractivity contribution in [2.75, 3.05) is 40.0 Å². The van der Waals surface area contributed by atoms with Gasteiger partial charge in [-0.2, -0.15) is 0 Å². The first-order valence-electron chi connectivity index (χ1n) is 8.30. The van der Waals surface area contributed by atoms with Gasteiger partial charge in [0.05, 0.1) is 19.7 Å². The second-order valence-electron chi connectivity index (χ2n) is 6.96. The van der Waals surface area contributed by atoms with Gasteiger partial charge >= 0.3 is 0 Å². The molecule has 1 spiro atoms. The Bertz CT molecular complexity index is 420. The second-order valence-corrected chi connectivity index (χ2v) is 6.96. The molecule has 3 fully saturated rings. The summed E-state index contributed by atoms with van der Waals surface area (Å²) < 4.78 is 10.8. The molecule has 2 heterocycles. The Kier molecular flexibility index (Phi) is 4.68. The van der Waals surface area contributed by atoms with Crippen LogP contribution in [0.4, 0.5) is 0 Å². The van der Waals surface area contributed by atoms with Gasteiger partial charge in [0.2, 0.25) is 11.8 Å². The van der Waals surface area contributed by atoms with E-state index in [1.165, 1.54) is 13.5 Å². The fraction of sp³-hybridized carbons (Fsp3) is 0.875. The van der Waals surface area contributed by atoms with Crippen molar-refractivity contribution in [1.29, 1.82) is 0 Å². The highest BCUT2D eigenvalue weighted by molar-refractivity contribution is 5.80. The highest BCUT2D eigenvalue weighted by Crippen LogP contribution is 2.38. The zero-order chi connectivity index (χ0) is 15.6. The number of hydrogen-bond donors (Lipinski definition) is 1. The Morgan fingerprint density at radius 1 is 1.32 bits per heavy atom. The normalized spacial score (nSPS) is 27.1. The van der Waals surface area contributed by atoms with Crippen LogP contribution in [0.5, 0.6) is 0 Å². The molecule has 0 radical (unpaired) electrons. The van der Waals surface area contributed by atoms with Crippen LogP contribution in [0.3, 0.4) is 0 Å². The van der Waals surface area contributed by atoms with E-state index in [0.29, 0.717) is 25.0 Å². The minimum absolute atomic E-state index is 0.0799. The topological polar surface area (TPSA) is 67.9 Å². The maximum absolute atomic E-state index is 12.1. The molecule has 1 saturated carbocycles. The standard InChI is InChI=1S/C16H26N2O4/c1-21-9-14(19)17-7-12-5-6-16(22-8-12)10-18(11-16)15(20)13-3-2-4-13/h12-13H,2-11H2,1H3,(H,17,19). The largest absolute Gasteiger partial charge is 0.375 e. The predicted octanol–water partition coefficient (Wildman–Crippen LogP) is 0.557. The Hall–Kier alpha value is -1.14. The highest BCUT2D eigenvalue weighted by atomic mass is 16.5. The van der Waals surface area contributed by atoms with Crippen LogP contribution in [-0.2, 0) is 19.1 Å². The van der Waals surface area contributed by atoms with Gasteiger partial charge in [-0.3, -0.25) is 9.59 Å². The number of hydrogen-bond acceptors (Lipinski definition) is 4. The van der Waals surface area contributed by atoms with Gasteiger partial charge in [0.15, 0.2) is 0 Å². The molecule has 1 unspecified atom stereocenters. The molecule has 0 aromatic carbocycles. The third-order valence-electron chi connectivity index (χ3n) is 5.22. The third-order valence-corrected chi connectivity index (χ3v) is 5.22. The molecule has 2 saturated heterocycles. The number of rotatable bonds is 5. The molecule has 2 amide bonds. The second kappa shape index (κ2) is 6.54. The zero-order valence-electron chi connectivity index (χ0n) is 13.3. The van der Waals surface area contributed by atoms with Crippen molar-refractivity contribution in [1.82, 2.24) is 10.2 Å². The molecule has 1 aliphatic carbocycles. The Morgan fingerprint density at radius 2 is 2.09 bits per heavy atom. The van der Waals surface area contributed by atoms with Crippen molar-refractivity contribution in [2.45, 2.75) is 37.7 Å². The van der Waals surface area contributed by atoms with Crippen molar-refractivity contribution in [3.05, 3.63) is 0 Å². The summed E-state index contributed by atoms with van der Waals surface area (Å²) in [6.45, 7) is 2.92. The maximum atomic E-state index is 12.1. The summed E-state index contributed by atoms with van der Waals surface area (Å²) in [4.78, 5) is 25.5. The van der Waals surface area contributed by atoms with Crippen molar-refractivity contribution >= 4 is 11.8 Å². The van der Waals surface area contributed by atoms with E-state index in [1.807, 2.05) is 4.90 Å². The summed E-state index contributed by atoms with van der Waals surface area (Å²) in [7, 11) is 1.51. The summed E-state index contributed by atoms with van der Waals surface area (Å²) in [6, 6.07) is 0. The first kappa shape index (κ1) is 15.7. The van der Waals surface area contributed by atoms with Crippen LogP contribution in [0, 0.1) is 11.8 Å². The molecule has 2 aliphatic heterocycles. The molecule has 0 aromatic heterocycles. The molecule has 1 N–H and O–H groups in total. The molecule has 0 bridgehead atoms. The van der Waals surface area contributed by atoms with Gasteiger partial charge in [-0.25, -0.2) is 0 Å². The van der Waals surface area contributed by atoms with Crippen LogP contribution in [0.25, 0.3) is 0 Å². The maximum Gasteiger partial charge on any atom is 0.245 e. The van der Waals surface area contributed by atoms with Gasteiger partial charge < -0.3 is 19.7 Å². The molecule has 3 rings (SSSR count). The van der Waals surface area contributed by atoms with Crippen LogP contribution in [-0.4, -0.2) is 62.3 Å². The van der Waals surface area contributed by atoms with Gasteiger partial charge in [-0.1, -0.05) is 6.42 Å². The van der Waals surface area contributed by atoms with E-state index in [9.17, 15) is 9.59 Å². The number of likely N-dealkylation sites (tertiary alicyclic amines) is 1. The first-order valence-corrected chi connectivity index (χ1v) is 8.30. The number of ether oxygens (including phenoxy) is 2. The van der Waals surface area contributed by atoms with E-state index in [2.05, 4.69) is 5.32 Å². The van der Waals surface area contributed by atoms with Crippen LogP contribution >= 0.6 is 0 Å². The van der Waals surface area contributed by atoms with Crippen molar-refractivity contribution < 1.29 is 19.1 Å². The quantitative estimate of drug-likeness (QED) is 0.805. The summed E-state index contributed by atoms with van der Waals surface area (Å²) in [5, 5.41) is 2.87. The lowest BCUT2D eigenvalue weighted by Gasteiger charge is -2.54. The molecule has 6 nitrogen and oxygen atoms in total. The van der Waals surface area contributed by atoms with Gasteiger partial charge in [0.1, 0.15) is 12.2 Å². The van der Waals surface area contributed by atoms with E-state index in [0.717, 1.165) is 38.8 Å². The van der Waals surface area contributed by atoms with Gasteiger partial charge in [-0.05, 0) is 31.6 Å². The highest BCUT2D eigenvalue weighted by Gasteiger charge is 2.49. The van der Waals surface area contributed by atoms with Crippen LogP contribution < -0.4 is 5.32 Å². The van der Waals surface area contributed by atoms with Crippen molar-refractivity contribution in [3.63, 3.8) is 0 Å².